The molecule has 1 aromatic carbocycles. The Balaban J connectivity index is 1.35. The zero-order valence-corrected chi connectivity index (χ0v) is 24.1. The highest BCUT2D eigenvalue weighted by atomic mass is 35.5. The molecule has 10 nitrogen and oxygen atoms in total. The molecule has 15 heteroatoms. The van der Waals surface area contributed by atoms with Gasteiger partial charge in [0.05, 0.1) is 22.6 Å². The number of nitrogens with zero attached hydrogens (tertiary/aromatic N) is 6. The molecule has 2 fully saturated rings. The van der Waals surface area contributed by atoms with Gasteiger partial charge in [0.15, 0.2) is 0 Å². The molecule has 2 aromatic heterocycles. The lowest BCUT2D eigenvalue weighted by molar-refractivity contribution is -0.137. The third-order valence-electron chi connectivity index (χ3n) is 7.40. The van der Waals surface area contributed by atoms with Crippen LogP contribution < -0.4 is 5.32 Å². The Morgan fingerprint density at radius 2 is 1.93 bits per heavy atom. The summed E-state index contributed by atoms with van der Waals surface area (Å²) in [6.45, 7) is 4.36. The van der Waals surface area contributed by atoms with Crippen LogP contribution in [0.5, 0.6) is 0 Å². The standard InChI is InChI=1S/C26H31ClF3N7O3S/c1-25(38)7-10-35(15-25)13-17-3-4-22(20(27)11-17)36-14-21(32-16-36)23-19(26(28,29)30)12-31-24(34-23)33-18-5-8-37(9-6-18)41(2,39)40/h3-4,11-12,14,16,18,38H,5-10,13,15H2,1-2H3,(H,31,33,34). The molecule has 1 atom stereocenters. The van der Waals surface area contributed by atoms with Gasteiger partial charge in [-0.15, -0.1) is 0 Å². The zero-order chi connectivity index (χ0) is 29.6. The molecule has 2 N–H and O–H groups in total. The number of aromatic nitrogens is 4. The molecule has 0 saturated carbocycles. The second-order valence-corrected chi connectivity index (χ2v) is 13.3. The Morgan fingerprint density at radius 1 is 1.20 bits per heavy atom. The first kappa shape index (κ1) is 29.7. The molecule has 0 aliphatic carbocycles. The van der Waals surface area contributed by atoms with E-state index in [0.29, 0.717) is 56.2 Å². The zero-order valence-electron chi connectivity index (χ0n) is 22.6. The van der Waals surface area contributed by atoms with Gasteiger partial charge in [0.25, 0.3) is 0 Å². The number of nitrogens with one attached hydrogen (secondary N) is 1. The maximum absolute atomic E-state index is 13.9. The van der Waals surface area contributed by atoms with Crippen LogP contribution in [0.2, 0.25) is 5.02 Å². The maximum atomic E-state index is 13.9. The van der Waals surface area contributed by atoms with Gasteiger partial charge >= 0.3 is 6.18 Å². The molecule has 4 heterocycles. The fourth-order valence-electron chi connectivity index (χ4n) is 5.24. The predicted octanol–water partition coefficient (Wildman–Crippen LogP) is 3.79. The number of alkyl halides is 3. The minimum absolute atomic E-state index is 0.00336. The summed E-state index contributed by atoms with van der Waals surface area (Å²) >= 11 is 6.56. The molecule has 0 amide bonds. The topological polar surface area (TPSA) is 116 Å². The molecular weight excluding hydrogens is 583 g/mol. The maximum Gasteiger partial charge on any atom is 0.420 e. The molecule has 2 aliphatic rings. The first-order valence-electron chi connectivity index (χ1n) is 13.1. The summed E-state index contributed by atoms with van der Waals surface area (Å²) in [5.74, 6) is 0.00336. The van der Waals surface area contributed by atoms with Crippen LogP contribution in [-0.4, -0.2) is 86.3 Å². The number of β-amino-alcohol motifs (C(OH)–C–C–N with tert-alkyl or cyclic N) is 1. The molecule has 3 aromatic rings. The van der Waals surface area contributed by atoms with E-state index >= 15 is 0 Å². The van der Waals surface area contributed by atoms with Gasteiger partial charge in [0, 0.05) is 51.2 Å². The van der Waals surface area contributed by atoms with E-state index in [2.05, 4.69) is 25.2 Å². The lowest BCUT2D eigenvalue weighted by atomic mass is 10.1. The van der Waals surface area contributed by atoms with E-state index in [0.717, 1.165) is 24.6 Å². The highest BCUT2D eigenvalue weighted by molar-refractivity contribution is 7.88. The van der Waals surface area contributed by atoms with Gasteiger partial charge in [-0.25, -0.2) is 27.7 Å². The van der Waals surface area contributed by atoms with Gasteiger partial charge in [-0.2, -0.15) is 13.2 Å². The minimum atomic E-state index is -4.71. The van der Waals surface area contributed by atoms with Gasteiger partial charge in [0.1, 0.15) is 23.3 Å². The Bertz CT molecular complexity index is 1520. The van der Waals surface area contributed by atoms with Gasteiger partial charge in [-0.3, -0.25) is 4.90 Å². The lowest BCUT2D eigenvalue weighted by Gasteiger charge is -2.30. The van der Waals surface area contributed by atoms with Crippen LogP contribution in [0.1, 0.15) is 37.3 Å². The normalized spacial score (nSPS) is 21.4. The molecular formula is C26H31ClF3N7O3S. The Morgan fingerprint density at radius 3 is 2.54 bits per heavy atom. The minimum Gasteiger partial charge on any atom is -0.389 e. The highest BCUT2D eigenvalue weighted by Gasteiger charge is 2.36. The fourth-order valence-corrected chi connectivity index (χ4v) is 6.41. The van der Waals surface area contributed by atoms with Crippen molar-refractivity contribution in [2.24, 2.45) is 0 Å². The van der Waals surface area contributed by atoms with E-state index in [4.69, 9.17) is 11.6 Å². The number of anilines is 1. The lowest BCUT2D eigenvalue weighted by Crippen LogP contribution is -2.42. The van der Waals surface area contributed by atoms with Crippen molar-refractivity contribution < 1.29 is 26.7 Å². The smallest absolute Gasteiger partial charge is 0.389 e. The molecule has 222 valence electrons. The molecule has 2 saturated heterocycles. The largest absolute Gasteiger partial charge is 0.420 e. The fraction of sp³-hybridized carbons (Fsp3) is 0.500. The van der Waals surface area contributed by atoms with Crippen molar-refractivity contribution in [3.05, 3.63) is 53.1 Å². The van der Waals surface area contributed by atoms with Gasteiger partial charge in [-0.05, 0) is 43.9 Å². The van der Waals surface area contributed by atoms with E-state index in [9.17, 15) is 26.7 Å². The van der Waals surface area contributed by atoms with E-state index in [1.165, 1.54) is 16.8 Å². The number of benzene rings is 1. The highest BCUT2D eigenvalue weighted by Crippen LogP contribution is 2.36. The Hall–Kier alpha value is -2.78. The molecule has 41 heavy (non-hydrogen) atoms. The number of halogens is 4. The SMILES string of the molecule is CC1(O)CCN(Cc2ccc(-n3cnc(-c4nc(NC5CCN(S(C)(=O)=O)CC5)ncc4C(F)(F)F)c3)c(Cl)c2)C1. The van der Waals surface area contributed by atoms with Gasteiger partial charge < -0.3 is 15.0 Å². The number of rotatable bonds is 7. The van der Waals surface area contributed by atoms with Crippen LogP contribution >= 0.6 is 11.6 Å². The molecule has 0 radical (unpaired) electrons. The second kappa shape index (κ2) is 11.1. The monoisotopic (exact) mass is 613 g/mol. The number of piperidine rings is 1. The summed E-state index contributed by atoms with van der Waals surface area (Å²) in [6.07, 6.45) is 1.60. The third kappa shape index (κ3) is 7.00. The van der Waals surface area contributed by atoms with Crippen molar-refractivity contribution in [3.63, 3.8) is 0 Å². The van der Waals surface area contributed by atoms with Crippen molar-refractivity contribution in [2.45, 2.75) is 50.6 Å². The summed E-state index contributed by atoms with van der Waals surface area (Å²) in [7, 11) is -3.30. The van der Waals surface area contributed by atoms with E-state index in [1.807, 2.05) is 13.0 Å². The summed E-state index contributed by atoms with van der Waals surface area (Å²) in [4.78, 5) is 14.4. The van der Waals surface area contributed by atoms with Crippen molar-refractivity contribution in [2.75, 3.05) is 37.8 Å². The summed E-state index contributed by atoms with van der Waals surface area (Å²) < 4.78 is 68.1. The summed E-state index contributed by atoms with van der Waals surface area (Å²) in [6, 6.07) is 5.26. The van der Waals surface area contributed by atoms with Crippen molar-refractivity contribution in [1.82, 2.24) is 28.7 Å². The number of hydrogen-bond donors (Lipinski definition) is 2. The Labute approximate surface area is 241 Å². The van der Waals surface area contributed by atoms with Crippen LogP contribution in [0.15, 0.2) is 36.9 Å². The first-order chi connectivity index (χ1) is 19.2. The number of likely N-dealkylation sites (tertiary alicyclic amines) is 1. The number of hydrogen-bond acceptors (Lipinski definition) is 8. The van der Waals surface area contributed by atoms with Crippen LogP contribution in [0.3, 0.4) is 0 Å². The van der Waals surface area contributed by atoms with Crippen LogP contribution in [0, 0.1) is 0 Å². The van der Waals surface area contributed by atoms with E-state index < -0.39 is 27.4 Å². The Kier molecular flexibility index (Phi) is 8.07. The van der Waals surface area contributed by atoms with E-state index in [1.54, 1.807) is 16.7 Å². The van der Waals surface area contributed by atoms with Crippen LogP contribution in [0.4, 0.5) is 19.1 Å². The second-order valence-electron chi connectivity index (χ2n) is 10.9. The average Bonchev–Trinajstić information content (AvgIpc) is 3.49. The van der Waals surface area contributed by atoms with Gasteiger partial charge in [-0.1, -0.05) is 17.7 Å². The van der Waals surface area contributed by atoms with Gasteiger partial charge in [0.2, 0.25) is 16.0 Å². The molecule has 2 aliphatic heterocycles. The molecule has 1 unspecified atom stereocenters. The average molecular weight is 614 g/mol. The number of imidazole rings is 1. The number of aliphatic hydroxyl groups is 1. The number of sulfonamides is 1. The molecule has 0 bridgehead atoms. The van der Waals surface area contributed by atoms with Crippen LogP contribution in [0.25, 0.3) is 17.1 Å². The quantitative estimate of drug-likeness (QED) is 0.414. The van der Waals surface area contributed by atoms with Crippen molar-refractivity contribution in [3.8, 4) is 17.1 Å². The van der Waals surface area contributed by atoms with Crippen LogP contribution in [-0.2, 0) is 22.7 Å². The molecule has 5 rings (SSSR count). The predicted molar refractivity (Wildman–Crippen MR) is 148 cm³/mol. The summed E-state index contributed by atoms with van der Waals surface area (Å²) in [5, 5.41) is 13.7. The summed E-state index contributed by atoms with van der Waals surface area (Å²) in [5.41, 5.74) is -0.627. The third-order valence-corrected chi connectivity index (χ3v) is 9.01. The molecule has 0 spiro atoms. The van der Waals surface area contributed by atoms with Crippen molar-refractivity contribution in [1.29, 1.82) is 0 Å². The van der Waals surface area contributed by atoms with E-state index in [-0.39, 0.29) is 23.4 Å². The van der Waals surface area contributed by atoms with Crippen molar-refractivity contribution >= 4 is 27.6 Å². The first-order valence-corrected chi connectivity index (χ1v) is 15.3.